The Kier molecular flexibility index (Phi) is 7.10. The van der Waals surface area contributed by atoms with E-state index in [1.54, 1.807) is 0 Å². The number of likely N-dealkylation sites (tertiary alicyclic amines) is 1. The van der Waals surface area contributed by atoms with Crippen molar-refractivity contribution in [2.24, 2.45) is 4.99 Å². The van der Waals surface area contributed by atoms with Crippen LogP contribution in [0.5, 0.6) is 0 Å². The molecule has 0 bridgehead atoms. The van der Waals surface area contributed by atoms with Crippen LogP contribution in [0.3, 0.4) is 0 Å². The lowest BCUT2D eigenvalue weighted by Gasteiger charge is -2.32. The van der Waals surface area contributed by atoms with E-state index in [1.165, 1.54) is 6.26 Å². The van der Waals surface area contributed by atoms with Gasteiger partial charge in [-0.2, -0.15) is 0 Å². The molecule has 0 aromatic heterocycles. The molecule has 2 aliphatic heterocycles. The van der Waals surface area contributed by atoms with Gasteiger partial charge >= 0.3 is 0 Å². The largest absolute Gasteiger partial charge is 0.379 e. The van der Waals surface area contributed by atoms with Crippen LogP contribution >= 0.6 is 0 Å². The average Bonchev–Trinajstić information content (AvgIpc) is 3.00. The van der Waals surface area contributed by atoms with E-state index in [9.17, 15) is 8.42 Å². The van der Waals surface area contributed by atoms with Gasteiger partial charge in [0, 0.05) is 51.6 Å². The highest BCUT2D eigenvalue weighted by Crippen LogP contribution is 2.17. The number of nitrogens with zero attached hydrogens (tertiary/aromatic N) is 3. The molecule has 2 aliphatic rings. The normalized spacial score (nSPS) is 24.2. The zero-order valence-electron chi connectivity index (χ0n) is 14.3. The molecule has 2 rings (SSSR count). The Balaban J connectivity index is 1.85. The fraction of sp³-hybridized carbons (Fsp3) is 0.933. The summed E-state index contributed by atoms with van der Waals surface area (Å²) in [4.78, 5) is 9.41. The lowest BCUT2D eigenvalue weighted by Crippen LogP contribution is -2.46. The highest BCUT2D eigenvalue weighted by atomic mass is 32.2. The second kappa shape index (κ2) is 8.84. The van der Waals surface area contributed by atoms with E-state index in [4.69, 9.17) is 4.74 Å². The first-order valence-corrected chi connectivity index (χ1v) is 10.6. The minimum absolute atomic E-state index is 0.201. The van der Waals surface area contributed by atoms with Crippen LogP contribution < -0.4 is 5.32 Å². The topological polar surface area (TPSA) is 74.2 Å². The lowest BCUT2D eigenvalue weighted by molar-refractivity contribution is 0.0195. The van der Waals surface area contributed by atoms with E-state index in [1.807, 2.05) is 0 Å². The van der Waals surface area contributed by atoms with E-state index in [-0.39, 0.29) is 5.75 Å². The fourth-order valence-electron chi connectivity index (χ4n) is 3.11. The average molecular weight is 346 g/mol. The van der Waals surface area contributed by atoms with Gasteiger partial charge in [0.1, 0.15) is 9.84 Å². The molecule has 0 radical (unpaired) electrons. The zero-order chi connectivity index (χ0) is 16.7. The Morgan fingerprint density at radius 1 is 1.30 bits per heavy atom. The maximum Gasteiger partial charge on any atom is 0.193 e. The van der Waals surface area contributed by atoms with Gasteiger partial charge in [0.2, 0.25) is 0 Å². The molecule has 2 fully saturated rings. The Morgan fingerprint density at radius 2 is 2.04 bits per heavy atom. The first-order valence-electron chi connectivity index (χ1n) is 8.52. The number of hydrogen-bond acceptors (Lipinski definition) is 5. The molecule has 2 saturated heterocycles. The maximum absolute atomic E-state index is 11.2. The van der Waals surface area contributed by atoms with Crippen molar-refractivity contribution in [3.8, 4) is 0 Å². The van der Waals surface area contributed by atoms with E-state index >= 15 is 0 Å². The molecule has 0 aliphatic carbocycles. The summed E-state index contributed by atoms with van der Waals surface area (Å²) < 4.78 is 27.8. The molecular weight excluding hydrogens is 316 g/mol. The van der Waals surface area contributed by atoms with E-state index in [2.05, 4.69) is 27.0 Å². The number of hydrogen-bond donors (Lipinski definition) is 1. The smallest absolute Gasteiger partial charge is 0.193 e. The second-order valence-corrected chi connectivity index (χ2v) is 8.52. The van der Waals surface area contributed by atoms with Gasteiger partial charge in [-0.1, -0.05) is 0 Å². The Bertz CT molecular complexity index is 489. The molecule has 2 heterocycles. The molecule has 7 nitrogen and oxygen atoms in total. The van der Waals surface area contributed by atoms with Crippen molar-refractivity contribution in [3.05, 3.63) is 0 Å². The quantitative estimate of drug-likeness (QED) is 0.408. The SMILES string of the molecule is CCNC(=NCCCS(C)(=O)=O)N1CCC(N2CCOCC2)C1. The molecule has 0 spiro atoms. The summed E-state index contributed by atoms with van der Waals surface area (Å²) in [5.74, 6) is 1.11. The van der Waals surface area contributed by atoms with Crippen molar-refractivity contribution in [1.82, 2.24) is 15.1 Å². The Labute approximate surface area is 140 Å². The summed E-state index contributed by atoms with van der Waals surface area (Å²) in [5.41, 5.74) is 0. The van der Waals surface area contributed by atoms with Crippen LogP contribution in [0.25, 0.3) is 0 Å². The third-order valence-corrected chi connectivity index (χ3v) is 5.32. The molecule has 0 saturated carbocycles. The first kappa shape index (κ1) is 18.5. The van der Waals surface area contributed by atoms with E-state index in [0.717, 1.165) is 58.3 Å². The molecule has 8 heteroatoms. The number of rotatable bonds is 6. The minimum Gasteiger partial charge on any atom is -0.379 e. The molecule has 0 aromatic carbocycles. The van der Waals surface area contributed by atoms with Crippen molar-refractivity contribution in [2.75, 3.05) is 64.5 Å². The highest BCUT2D eigenvalue weighted by Gasteiger charge is 2.30. The summed E-state index contributed by atoms with van der Waals surface area (Å²) in [6.07, 6.45) is 3.00. The first-order chi connectivity index (χ1) is 11.0. The number of morpholine rings is 1. The van der Waals surface area contributed by atoms with Gasteiger partial charge in [-0.05, 0) is 19.8 Å². The molecule has 0 amide bonds. The summed E-state index contributed by atoms with van der Waals surface area (Å²) in [6.45, 7) is 9.10. The predicted molar refractivity (Wildman–Crippen MR) is 92.7 cm³/mol. The van der Waals surface area contributed by atoms with Crippen molar-refractivity contribution >= 4 is 15.8 Å². The van der Waals surface area contributed by atoms with E-state index < -0.39 is 9.84 Å². The van der Waals surface area contributed by atoms with Gasteiger partial charge in [0.25, 0.3) is 0 Å². The van der Waals surface area contributed by atoms with E-state index in [0.29, 0.717) is 19.0 Å². The highest BCUT2D eigenvalue weighted by molar-refractivity contribution is 7.90. The molecule has 1 N–H and O–H groups in total. The van der Waals surface area contributed by atoms with Crippen molar-refractivity contribution in [2.45, 2.75) is 25.8 Å². The summed E-state index contributed by atoms with van der Waals surface area (Å²) in [7, 11) is -2.90. The van der Waals surface area contributed by atoms with Crippen LogP contribution in [0.2, 0.25) is 0 Å². The van der Waals surface area contributed by atoms with Crippen LogP contribution in [0.15, 0.2) is 4.99 Å². The molecule has 1 unspecified atom stereocenters. The van der Waals surface area contributed by atoms with Crippen molar-refractivity contribution < 1.29 is 13.2 Å². The summed E-state index contributed by atoms with van der Waals surface area (Å²) in [5, 5.41) is 3.33. The van der Waals surface area contributed by atoms with Crippen LogP contribution in [-0.4, -0.2) is 94.7 Å². The molecule has 1 atom stereocenters. The third kappa shape index (κ3) is 6.27. The van der Waals surface area contributed by atoms with Crippen LogP contribution in [0.4, 0.5) is 0 Å². The second-order valence-electron chi connectivity index (χ2n) is 6.26. The van der Waals surface area contributed by atoms with Gasteiger partial charge < -0.3 is 15.0 Å². The van der Waals surface area contributed by atoms with Gasteiger partial charge in [-0.3, -0.25) is 9.89 Å². The third-order valence-electron chi connectivity index (χ3n) is 4.29. The fourth-order valence-corrected chi connectivity index (χ4v) is 3.77. The Hall–Kier alpha value is -0.860. The maximum atomic E-state index is 11.2. The minimum atomic E-state index is -2.90. The standard InChI is InChI=1S/C15H30N4O3S/c1-3-16-15(17-6-4-12-23(2,20)21)19-7-5-14(13-19)18-8-10-22-11-9-18/h14H,3-13H2,1-2H3,(H,16,17). The summed E-state index contributed by atoms with van der Waals surface area (Å²) in [6, 6.07) is 0.568. The zero-order valence-corrected chi connectivity index (χ0v) is 15.1. The molecule has 134 valence electrons. The number of sulfone groups is 1. The summed E-state index contributed by atoms with van der Waals surface area (Å²) >= 11 is 0. The van der Waals surface area contributed by atoms with Gasteiger partial charge in [-0.15, -0.1) is 0 Å². The number of guanidine groups is 1. The number of aliphatic imine (C=N–C) groups is 1. The predicted octanol–water partition coefficient (Wildman–Crippen LogP) is -0.207. The van der Waals surface area contributed by atoms with Crippen LogP contribution in [-0.2, 0) is 14.6 Å². The Morgan fingerprint density at radius 3 is 2.70 bits per heavy atom. The molecule has 0 aromatic rings. The van der Waals surface area contributed by atoms with Crippen LogP contribution in [0.1, 0.15) is 19.8 Å². The van der Waals surface area contributed by atoms with Gasteiger partial charge in [-0.25, -0.2) is 8.42 Å². The number of ether oxygens (including phenoxy) is 1. The van der Waals surface area contributed by atoms with Gasteiger partial charge in [0.15, 0.2) is 5.96 Å². The molecule has 23 heavy (non-hydrogen) atoms. The molecular formula is C15H30N4O3S. The lowest BCUT2D eigenvalue weighted by atomic mass is 10.2. The monoisotopic (exact) mass is 346 g/mol. The van der Waals surface area contributed by atoms with Crippen LogP contribution in [0, 0.1) is 0 Å². The number of nitrogens with one attached hydrogen (secondary N) is 1. The van der Waals surface area contributed by atoms with Crippen molar-refractivity contribution in [1.29, 1.82) is 0 Å². The van der Waals surface area contributed by atoms with Gasteiger partial charge in [0.05, 0.1) is 19.0 Å². The van der Waals surface area contributed by atoms with Crippen molar-refractivity contribution in [3.63, 3.8) is 0 Å².